The number of hydrogen-bond donors (Lipinski definition) is 2. The molecule has 11 heavy (non-hydrogen) atoms. The summed E-state index contributed by atoms with van der Waals surface area (Å²) in [7, 11) is 0. The van der Waals surface area contributed by atoms with Gasteiger partial charge in [-0.3, -0.25) is 5.41 Å². The molecule has 0 unspecified atom stereocenters. The van der Waals surface area contributed by atoms with Crippen LogP contribution < -0.4 is 5.73 Å². The minimum Gasteiger partial charge on any atom is -0.384 e. The van der Waals surface area contributed by atoms with Gasteiger partial charge in [0.1, 0.15) is 5.84 Å². The summed E-state index contributed by atoms with van der Waals surface area (Å²) in [6, 6.07) is 4.99. The molecular weight excluding hydrogens is 183 g/mol. The third kappa shape index (κ3) is 1.64. The van der Waals surface area contributed by atoms with Gasteiger partial charge in [0.15, 0.2) is 0 Å². The van der Waals surface area contributed by atoms with Gasteiger partial charge in [0.2, 0.25) is 0 Å². The highest BCUT2D eigenvalue weighted by Crippen LogP contribution is 2.22. The van der Waals surface area contributed by atoms with Crippen molar-refractivity contribution < 1.29 is 0 Å². The van der Waals surface area contributed by atoms with Crippen molar-refractivity contribution in [3.8, 4) is 0 Å². The largest absolute Gasteiger partial charge is 0.384 e. The zero-order valence-corrected chi connectivity index (χ0v) is 7.08. The summed E-state index contributed by atoms with van der Waals surface area (Å²) in [5, 5.41) is 7.94. The number of nitrogen functional groups attached to an aromatic ring is 1. The molecule has 0 atom stereocenters. The Morgan fingerprint density at radius 3 is 2.00 bits per heavy atom. The molecule has 1 aromatic rings. The molecule has 0 aliphatic rings. The summed E-state index contributed by atoms with van der Waals surface area (Å²) in [6.07, 6.45) is 0. The minimum absolute atomic E-state index is 0.111. The first-order valence-electron chi connectivity index (χ1n) is 2.91. The van der Waals surface area contributed by atoms with E-state index < -0.39 is 0 Å². The molecule has 0 saturated heterocycles. The lowest BCUT2D eigenvalue weighted by Gasteiger charge is -2.02. The highest BCUT2D eigenvalue weighted by molar-refractivity contribution is 6.39. The van der Waals surface area contributed by atoms with Crippen LogP contribution in [0, 0.1) is 5.41 Å². The second-order valence-electron chi connectivity index (χ2n) is 2.01. The van der Waals surface area contributed by atoms with Crippen LogP contribution in [0.4, 0.5) is 0 Å². The second kappa shape index (κ2) is 3.11. The molecule has 0 aromatic heterocycles. The molecule has 0 bridgehead atoms. The number of nitrogens with two attached hydrogens (primary N) is 1. The molecule has 0 fully saturated rings. The van der Waals surface area contributed by atoms with Crippen molar-refractivity contribution >= 4 is 29.0 Å². The number of hydrogen-bond acceptors (Lipinski definition) is 1. The second-order valence-corrected chi connectivity index (χ2v) is 2.82. The monoisotopic (exact) mass is 188 g/mol. The number of rotatable bonds is 1. The van der Waals surface area contributed by atoms with E-state index >= 15 is 0 Å². The van der Waals surface area contributed by atoms with E-state index in [4.69, 9.17) is 34.3 Å². The molecule has 0 spiro atoms. The molecule has 1 aromatic carbocycles. The molecular formula is C7H6Cl2N2. The van der Waals surface area contributed by atoms with Gasteiger partial charge in [0.25, 0.3) is 0 Å². The molecule has 0 radical (unpaired) electrons. The molecule has 58 valence electrons. The first kappa shape index (κ1) is 8.37. The first-order chi connectivity index (χ1) is 5.13. The lowest BCUT2D eigenvalue weighted by Crippen LogP contribution is -2.12. The third-order valence-electron chi connectivity index (χ3n) is 1.23. The van der Waals surface area contributed by atoms with Crippen molar-refractivity contribution in [1.82, 2.24) is 0 Å². The summed E-state index contributed by atoms with van der Waals surface area (Å²) in [6.45, 7) is 0. The zero-order valence-electron chi connectivity index (χ0n) is 5.57. The molecule has 0 saturated carbocycles. The number of nitrogens with one attached hydrogen (secondary N) is 1. The van der Waals surface area contributed by atoms with Crippen LogP contribution >= 0.6 is 23.2 Å². The van der Waals surface area contributed by atoms with E-state index in [0.717, 1.165) is 0 Å². The van der Waals surface area contributed by atoms with Crippen LogP contribution in [-0.2, 0) is 0 Å². The molecule has 3 N–H and O–H groups in total. The third-order valence-corrected chi connectivity index (χ3v) is 1.86. The van der Waals surface area contributed by atoms with Gasteiger partial charge < -0.3 is 5.73 Å². The van der Waals surface area contributed by atoms with Gasteiger partial charge >= 0.3 is 0 Å². The van der Waals surface area contributed by atoms with E-state index in [-0.39, 0.29) is 5.84 Å². The summed E-state index contributed by atoms with van der Waals surface area (Å²) in [4.78, 5) is 0. The Balaban J connectivity index is 3.32. The topological polar surface area (TPSA) is 49.9 Å². The van der Waals surface area contributed by atoms with Crippen molar-refractivity contribution in [2.75, 3.05) is 0 Å². The standard InChI is InChI=1S/C7H6Cl2N2/c8-4-2-1-3-5(9)6(4)7(10)11/h1-3H,(H3,10,11). The van der Waals surface area contributed by atoms with E-state index in [1.54, 1.807) is 18.2 Å². The van der Waals surface area contributed by atoms with Gasteiger partial charge in [-0.1, -0.05) is 29.3 Å². The maximum absolute atomic E-state index is 7.13. The molecule has 0 aliphatic heterocycles. The van der Waals surface area contributed by atoms with E-state index in [9.17, 15) is 0 Å². The Bertz CT molecular complexity index is 276. The van der Waals surface area contributed by atoms with Gasteiger partial charge in [0.05, 0.1) is 15.6 Å². The summed E-state index contributed by atoms with van der Waals surface area (Å²) in [5.41, 5.74) is 5.63. The summed E-state index contributed by atoms with van der Waals surface area (Å²) < 4.78 is 0. The predicted octanol–water partition coefficient (Wildman–Crippen LogP) is 2.28. The van der Waals surface area contributed by atoms with Gasteiger partial charge in [0, 0.05) is 0 Å². The Hall–Kier alpha value is -0.730. The Morgan fingerprint density at radius 1 is 1.27 bits per heavy atom. The van der Waals surface area contributed by atoms with Crippen LogP contribution in [0.25, 0.3) is 0 Å². The lowest BCUT2D eigenvalue weighted by molar-refractivity contribution is 1.42. The average Bonchev–Trinajstić information content (AvgIpc) is 1.85. The molecule has 1 rings (SSSR count). The van der Waals surface area contributed by atoms with Crippen LogP contribution in [0.15, 0.2) is 18.2 Å². The van der Waals surface area contributed by atoms with Crippen molar-refractivity contribution in [2.24, 2.45) is 5.73 Å². The Labute approximate surface area is 74.4 Å². The number of halogens is 2. The quantitative estimate of drug-likeness (QED) is 0.516. The smallest absolute Gasteiger partial charge is 0.125 e. The molecule has 0 heterocycles. The number of amidine groups is 1. The Kier molecular flexibility index (Phi) is 2.37. The van der Waals surface area contributed by atoms with Crippen LogP contribution in [0.1, 0.15) is 5.56 Å². The fourth-order valence-electron chi connectivity index (χ4n) is 0.755. The van der Waals surface area contributed by atoms with E-state index in [1.807, 2.05) is 0 Å². The maximum atomic E-state index is 7.13. The normalized spacial score (nSPS) is 9.64. The highest BCUT2D eigenvalue weighted by atomic mass is 35.5. The van der Waals surface area contributed by atoms with Crippen molar-refractivity contribution in [3.05, 3.63) is 33.8 Å². The van der Waals surface area contributed by atoms with Crippen molar-refractivity contribution in [3.63, 3.8) is 0 Å². The molecule has 0 amide bonds. The summed E-state index contributed by atoms with van der Waals surface area (Å²) in [5.74, 6) is -0.111. The Morgan fingerprint density at radius 2 is 1.73 bits per heavy atom. The van der Waals surface area contributed by atoms with Crippen LogP contribution in [0.2, 0.25) is 10.0 Å². The van der Waals surface area contributed by atoms with Gasteiger partial charge in [-0.05, 0) is 12.1 Å². The van der Waals surface area contributed by atoms with Crippen LogP contribution in [-0.4, -0.2) is 5.84 Å². The SMILES string of the molecule is N=C(N)c1c(Cl)cccc1Cl. The minimum atomic E-state index is -0.111. The van der Waals surface area contributed by atoms with Gasteiger partial charge in [-0.25, -0.2) is 0 Å². The maximum Gasteiger partial charge on any atom is 0.125 e. The average molecular weight is 189 g/mol. The van der Waals surface area contributed by atoms with Crippen molar-refractivity contribution in [1.29, 1.82) is 5.41 Å². The molecule has 4 heteroatoms. The van der Waals surface area contributed by atoms with E-state index in [1.165, 1.54) is 0 Å². The molecule has 2 nitrogen and oxygen atoms in total. The van der Waals surface area contributed by atoms with E-state index in [2.05, 4.69) is 0 Å². The fraction of sp³-hybridized carbons (Fsp3) is 0. The first-order valence-corrected chi connectivity index (χ1v) is 3.67. The highest BCUT2D eigenvalue weighted by Gasteiger charge is 2.06. The predicted molar refractivity (Wildman–Crippen MR) is 47.5 cm³/mol. The van der Waals surface area contributed by atoms with Crippen LogP contribution in [0.3, 0.4) is 0 Å². The van der Waals surface area contributed by atoms with Gasteiger partial charge in [-0.15, -0.1) is 0 Å². The van der Waals surface area contributed by atoms with Crippen LogP contribution in [0.5, 0.6) is 0 Å². The lowest BCUT2D eigenvalue weighted by atomic mass is 10.2. The van der Waals surface area contributed by atoms with Gasteiger partial charge in [-0.2, -0.15) is 0 Å². The zero-order chi connectivity index (χ0) is 8.43. The fourth-order valence-corrected chi connectivity index (χ4v) is 1.36. The summed E-state index contributed by atoms with van der Waals surface area (Å²) >= 11 is 11.4. The van der Waals surface area contributed by atoms with Crippen molar-refractivity contribution in [2.45, 2.75) is 0 Å². The molecule has 0 aliphatic carbocycles. The van der Waals surface area contributed by atoms with E-state index in [0.29, 0.717) is 15.6 Å². The number of benzene rings is 1.